The van der Waals surface area contributed by atoms with Gasteiger partial charge in [0.1, 0.15) is 5.75 Å². The second kappa shape index (κ2) is 5.43. The topological polar surface area (TPSA) is 29.5 Å². The molecule has 3 aromatic rings. The molecule has 0 aliphatic carbocycles. The van der Waals surface area contributed by atoms with Gasteiger partial charge in [-0.15, -0.1) is 0 Å². The standard InChI is InChI=1S/C20H17NO2/c1-14-9-10-19-18(11-14)21(20(22)13-23-19)12-16-7-4-6-15-5-2-3-8-17(15)16/h2-11H,12-13H2,1H3. The molecule has 0 saturated heterocycles. The van der Waals surface area contributed by atoms with Crippen molar-refractivity contribution in [2.75, 3.05) is 11.5 Å². The van der Waals surface area contributed by atoms with Gasteiger partial charge in [0, 0.05) is 0 Å². The molecule has 23 heavy (non-hydrogen) atoms. The van der Waals surface area contributed by atoms with Crippen molar-refractivity contribution < 1.29 is 9.53 Å². The maximum Gasteiger partial charge on any atom is 0.265 e. The van der Waals surface area contributed by atoms with Gasteiger partial charge in [0.25, 0.3) is 5.91 Å². The maximum absolute atomic E-state index is 12.4. The van der Waals surface area contributed by atoms with Crippen molar-refractivity contribution in [1.82, 2.24) is 0 Å². The molecule has 0 bridgehead atoms. The molecule has 0 fully saturated rings. The Hall–Kier alpha value is -2.81. The fourth-order valence-corrected chi connectivity index (χ4v) is 3.09. The molecule has 0 aromatic heterocycles. The van der Waals surface area contributed by atoms with Gasteiger partial charge in [-0.2, -0.15) is 0 Å². The van der Waals surface area contributed by atoms with E-state index in [2.05, 4.69) is 24.3 Å². The van der Waals surface area contributed by atoms with Gasteiger partial charge in [0.05, 0.1) is 12.2 Å². The molecule has 0 N–H and O–H groups in total. The smallest absolute Gasteiger partial charge is 0.265 e. The molecular weight excluding hydrogens is 286 g/mol. The first-order valence-corrected chi connectivity index (χ1v) is 7.73. The first-order valence-electron chi connectivity index (χ1n) is 7.73. The number of hydrogen-bond acceptors (Lipinski definition) is 2. The lowest BCUT2D eigenvalue weighted by Crippen LogP contribution is -2.38. The van der Waals surface area contributed by atoms with Gasteiger partial charge >= 0.3 is 0 Å². The number of benzene rings is 3. The van der Waals surface area contributed by atoms with Gasteiger partial charge in [-0.05, 0) is 41.0 Å². The summed E-state index contributed by atoms with van der Waals surface area (Å²) in [7, 11) is 0. The van der Waals surface area contributed by atoms with Gasteiger partial charge in [-0.1, -0.05) is 48.5 Å². The third kappa shape index (κ3) is 2.44. The zero-order chi connectivity index (χ0) is 15.8. The van der Waals surface area contributed by atoms with E-state index in [0.717, 1.165) is 22.6 Å². The number of carbonyl (C=O) groups is 1. The molecule has 114 valence electrons. The van der Waals surface area contributed by atoms with E-state index in [-0.39, 0.29) is 12.5 Å². The zero-order valence-electron chi connectivity index (χ0n) is 13.0. The lowest BCUT2D eigenvalue weighted by atomic mass is 10.0. The van der Waals surface area contributed by atoms with Gasteiger partial charge in [0.2, 0.25) is 0 Å². The highest BCUT2D eigenvalue weighted by molar-refractivity contribution is 5.98. The second-order valence-corrected chi connectivity index (χ2v) is 5.88. The van der Waals surface area contributed by atoms with E-state index in [0.29, 0.717) is 6.54 Å². The lowest BCUT2D eigenvalue weighted by molar-refractivity contribution is -0.121. The van der Waals surface area contributed by atoms with E-state index >= 15 is 0 Å². The van der Waals surface area contributed by atoms with E-state index < -0.39 is 0 Å². The Bertz CT molecular complexity index is 896. The number of amides is 1. The normalized spacial score (nSPS) is 13.8. The highest BCUT2D eigenvalue weighted by Gasteiger charge is 2.26. The summed E-state index contributed by atoms with van der Waals surface area (Å²) < 4.78 is 5.55. The third-order valence-electron chi connectivity index (χ3n) is 4.27. The van der Waals surface area contributed by atoms with E-state index in [9.17, 15) is 4.79 Å². The predicted octanol–water partition coefficient (Wildman–Crippen LogP) is 4.07. The maximum atomic E-state index is 12.4. The Labute approximate surface area is 135 Å². The molecule has 0 atom stereocenters. The number of ether oxygens (including phenoxy) is 1. The monoisotopic (exact) mass is 303 g/mol. The van der Waals surface area contributed by atoms with Gasteiger partial charge < -0.3 is 9.64 Å². The number of hydrogen-bond donors (Lipinski definition) is 0. The molecule has 3 heteroatoms. The van der Waals surface area contributed by atoms with Crippen LogP contribution in [0.4, 0.5) is 5.69 Å². The van der Waals surface area contributed by atoms with Crippen molar-refractivity contribution in [2.45, 2.75) is 13.5 Å². The Morgan fingerprint density at radius 2 is 1.87 bits per heavy atom. The summed E-state index contributed by atoms with van der Waals surface area (Å²) in [5, 5.41) is 2.37. The Kier molecular flexibility index (Phi) is 3.27. The van der Waals surface area contributed by atoms with Crippen LogP contribution in [0.25, 0.3) is 10.8 Å². The number of aryl methyl sites for hydroxylation is 1. The van der Waals surface area contributed by atoms with Crippen LogP contribution < -0.4 is 9.64 Å². The van der Waals surface area contributed by atoms with Crippen LogP contribution >= 0.6 is 0 Å². The van der Waals surface area contributed by atoms with E-state index in [1.165, 1.54) is 10.8 Å². The number of carbonyl (C=O) groups excluding carboxylic acids is 1. The van der Waals surface area contributed by atoms with Crippen molar-refractivity contribution in [2.24, 2.45) is 0 Å². The summed E-state index contributed by atoms with van der Waals surface area (Å²) in [6.45, 7) is 2.68. The van der Waals surface area contributed by atoms with Gasteiger partial charge in [0.15, 0.2) is 6.61 Å². The fourth-order valence-electron chi connectivity index (χ4n) is 3.09. The number of rotatable bonds is 2. The second-order valence-electron chi connectivity index (χ2n) is 5.88. The molecule has 0 saturated carbocycles. The molecule has 1 aliphatic heterocycles. The Balaban J connectivity index is 1.79. The minimum absolute atomic E-state index is 0.00367. The molecule has 1 heterocycles. The summed E-state index contributed by atoms with van der Waals surface area (Å²) in [5.74, 6) is 0.770. The first-order chi connectivity index (χ1) is 11.2. The average molecular weight is 303 g/mol. The summed E-state index contributed by atoms with van der Waals surface area (Å²) in [5.41, 5.74) is 3.12. The molecule has 3 aromatic carbocycles. The molecule has 3 nitrogen and oxygen atoms in total. The van der Waals surface area contributed by atoms with Crippen molar-refractivity contribution in [3.63, 3.8) is 0 Å². The minimum atomic E-state index is -0.00367. The highest BCUT2D eigenvalue weighted by Crippen LogP contribution is 2.34. The number of nitrogens with zero attached hydrogens (tertiary/aromatic N) is 1. The summed E-state index contributed by atoms with van der Waals surface area (Å²) >= 11 is 0. The number of fused-ring (bicyclic) bond motifs is 2. The average Bonchev–Trinajstić information content (AvgIpc) is 2.58. The van der Waals surface area contributed by atoms with E-state index in [1.807, 2.05) is 48.2 Å². The predicted molar refractivity (Wildman–Crippen MR) is 91.8 cm³/mol. The van der Waals surface area contributed by atoms with E-state index in [1.54, 1.807) is 0 Å². The van der Waals surface area contributed by atoms with Crippen molar-refractivity contribution in [3.05, 3.63) is 71.8 Å². The minimum Gasteiger partial charge on any atom is -0.482 e. The van der Waals surface area contributed by atoms with Crippen LogP contribution in [0.3, 0.4) is 0 Å². The fraction of sp³-hybridized carbons (Fsp3) is 0.150. The largest absolute Gasteiger partial charge is 0.482 e. The van der Waals surface area contributed by atoms with Crippen LogP contribution in [0.15, 0.2) is 60.7 Å². The van der Waals surface area contributed by atoms with Gasteiger partial charge in [-0.25, -0.2) is 0 Å². The molecule has 1 amide bonds. The Morgan fingerprint density at radius 3 is 2.78 bits per heavy atom. The van der Waals surface area contributed by atoms with Crippen LogP contribution in [0.5, 0.6) is 5.75 Å². The van der Waals surface area contributed by atoms with Gasteiger partial charge in [-0.3, -0.25) is 4.79 Å². The Morgan fingerprint density at radius 1 is 1.04 bits per heavy atom. The number of anilines is 1. The van der Waals surface area contributed by atoms with Crippen LogP contribution in [0.2, 0.25) is 0 Å². The molecule has 0 radical (unpaired) electrons. The van der Waals surface area contributed by atoms with Crippen LogP contribution in [-0.4, -0.2) is 12.5 Å². The molecule has 4 rings (SSSR count). The molecular formula is C20H17NO2. The SMILES string of the molecule is Cc1ccc2c(c1)N(Cc1cccc3ccccc13)C(=O)CO2. The van der Waals surface area contributed by atoms with Crippen LogP contribution in [0.1, 0.15) is 11.1 Å². The summed E-state index contributed by atoms with van der Waals surface area (Å²) in [6.07, 6.45) is 0. The molecule has 1 aliphatic rings. The summed E-state index contributed by atoms with van der Waals surface area (Å²) in [4.78, 5) is 14.2. The van der Waals surface area contributed by atoms with Crippen molar-refractivity contribution >= 4 is 22.4 Å². The van der Waals surface area contributed by atoms with E-state index in [4.69, 9.17) is 4.74 Å². The third-order valence-corrected chi connectivity index (χ3v) is 4.27. The van der Waals surface area contributed by atoms with Crippen LogP contribution in [-0.2, 0) is 11.3 Å². The summed E-state index contributed by atoms with van der Waals surface area (Å²) in [6, 6.07) is 20.4. The molecule has 0 spiro atoms. The van der Waals surface area contributed by atoms with Crippen molar-refractivity contribution in [1.29, 1.82) is 0 Å². The zero-order valence-corrected chi connectivity index (χ0v) is 13.0. The molecule has 0 unspecified atom stereocenters. The lowest BCUT2D eigenvalue weighted by Gasteiger charge is -2.30. The van der Waals surface area contributed by atoms with Crippen molar-refractivity contribution in [3.8, 4) is 5.75 Å². The quantitative estimate of drug-likeness (QED) is 0.714. The first kappa shape index (κ1) is 13.8. The van der Waals surface area contributed by atoms with Crippen LogP contribution in [0, 0.1) is 6.92 Å². The highest BCUT2D eigenvalue weighted by atomic mass is 16.5.